The van der Waals surface area contributed by atoms with E-state index in [2.05, 4.69) is 28.7 Å². The molecule has 0 spiro atoms. The Kier molecular flexibility index (Phi) is 5.62. The molecule has 0 aliphatic heterocycles. The standard InChI is InChI=1S/C15H20N4O3/c1-3-19(4-2)7-8-22-14-10-16-12-6-5-11(15(20)18-21)9-13(12)17-14/h5-6,9-10,21H,3-4,7-8H2,1-2H3,(H,18,20). The lowest BCUT2D eigenvalue weighted by atomic mass is 10.2. The van der Waals surface area contributed by atoms with Crippen LogP contribution in [0.1, 0.15) is 24.2 Å². The van der Waals surface area contributed by atoms with Crippen molar-refractivity contribution in [3.63, 3.8) is 0 Å². The Morgan fingerprint density at radius 3 is 2.77 bits per heavy atom. The molecule has 22 heavy (non-hydrogen) atoms. The van der Waals surface area contributed by atoms with E-state index < -0.39 is 5.91 Å². The number of carbonyl (C=O) groups is 1. The maximum atomic E-state index is 11.4. The van der Waals surface area contributed by atoms with Gasteiger partial charge in [0.1, 0.15) is 6.61 Å². The van der Waals surface area contributed by atoms with Crippen molar-refractivity contribution in [2.45, 2.75) is 13.8 Å². The van der Waals surface area contributed by atoms with Crippen LogP contribution in [0.3, 0.4) is 0 Å². The second-order valence-electron chi connectivity index (χ2n) is 4.73. The van der Waals surface area contributed by atoms with E-state index in [0.717, 1.165) is 19.6 Å². The van der Waals surface area contributed by atoms with E-state index in [0.29, 0.717) is 29.1 Å². The zero-order chi connectivity index (χ0) is 15.9. The third-order valence-electron chi connectivity index (χ3n) is 3.44. The van der Waals surface area contributed by atoms with Gasteiger partial charge in [-0.3, -0.25) is 10.0 Å². The number of amides is 1. The lowest BCUT2D eigenvalue weighted by Gasteiger charge is -2.17. The maximum absolute atomic E-state index is 11.4. The van der Waals surface area contributed by atoms with Gasteiger partial charge in [0.25, 0.3) is 5.91 Å². The molecule has 0 atom stereocenters. The van der Waals surface area contributed by atoms with Crippen molar-refractivity contribution < 1.29 is 14.7 Å². The lowest BCUT2D eigenvalue weighted by molar-refractivity contribution is 0.0706. The SMILES string of the molecule is CCN(CC)CCOc1cnc2ccc(C(=O)NO)cc2n1. The number of fused-ring (bicyclic) bond motifs is 1. The number of hydrogen-bond donors (Lipinski definition) is 2. The van der Waals surface area contributed by atoms with Crippen LogP contribution in [0.15, 0.2) is 24.4 Å². The Morgan fingerprint density at radius 2 is 2.09 bits per heavy atom. The predicted molar refractivity (Wildman–Crippen MR) is 82.1 cm³/mol. The van der Waals surface area contributed by atoms with Crippen LogP contribution in [-0.4, -0.2) is 52.2 Å². The van der Waals surface area contributed by atoms with E-state index in [9.17, 15) is 4.79 Å². The number of carbonyl (C=O) groups excluding carboxylic acids is 1. The van der Waals surface area contributed by atoms with E-state index in [-0.39, 0.29) is 0 Å². The largest absolute Gasteiger partial charge is 0.475 e. The zero-order valence-electron chi connectivity index (χ0n) is 12.7. The molecule has 1 heterocycles. The van der Waals surface area contributed by atoms with Gasteiger partial charge >= 0.3 is 0 Å². The zero-order valence-corrected chi connectivity index (χ0v) is 12.7. The predicted octanol–water partition coefficient (Wildman–Crippen LogP) is 1.47. The first kappa shape index (κ1) is 16.1. The molecule has 0 radical (unpaired) electrons. The van der Waals surface area contributed by atoms with Gasteiger partial charge in [0.2, 0.25) is 5.88 Å². The molecule has 0 bridgehead atoms. The Hall–Kier alpha value is -2.25. The van der Waals surface area contributed by atoms with Crippen molar-refractivity contribution in [3.05, 3.63) is 30.0 Å². The van der Waals surface area contributed by atoms with Crippen molar-refractivity contribution in [2.75, 3.05) is 26.2 Å². The summed E-state index contributed by atoms with van der Waals surface area (Å²) in [5.74, 6) is -0.169. The number of benzene rings is 1. The van der Waals surface area contributed by atoms with Crippen LogP contribution in [0.2, 0.25) is 0 Å². The molecule has 7 nitrogen and oxygen atoms in total. The summed E-state index contributed by atoms with van der Waals surface area (Å²) < 4.78 is 5.61. The number of likely N-dealkylation sites (N-methyl/N-ethyl adjacent to an activating group) is 1. The van der Waals surface area contributed by atoms with E-state index in [1.54, 1.807) is 29.9 Å². The first-order valence-corrected chi connectivity index (χ1v) is 7.24. The summed E-state index contributed by atoms with van der Waals surface area (Å²) >= 11 is 0. The van der Waals surface area contributed by atoms with Crippen LogP contribution in [0.25, 0.3) is 11.0 Å². The third kappa shape index (κ3) is 3.90. The molecule has 0 saturated carbocycles. The number of nitrogens with one attached hydrogen (secondary N) is 1. The highest BCUT2D eigenvalue weighted by Gasteiger charge is 2.08. The van der Waals surface area contributed by atoms with Gasteiger partial charge in [0.05, 0.1) is 17.2 Å². The Balaban J connectivity index is 2.10. The Labute approximate surface area is 128 Å². The van der Waals surface area contributed by atoms with Gasteiger partial charge in [0, 0.05) is 12.1 Å². The summed E-state index contributed by atoms with van der Waals surface area (Å²) in [4.78, 5) is 22.2. The summed E-state index contributed by atoms with van der Waals surface area (Å²) in [5.41, 5.74) is 3.11. The number of nitrogens with zero attached hydrogens (tertiary/aromatic N) is 3. The fourth-order valence-corrected chi connectivity index (χ4v) is 2.09. The summed E-state index contributed by atoms with van der Waals surface area (Å²) in [6.45, 7) is 7.50. The minimum Gasteiger partial charge on any atom is -0.475 e. The monoisotopic (exact) mass is 304 g/mol. The molecular formula is C15H20N4O3. The second-order valence-corrected chi connectivity index (χ2v) is 4.73. The van der Waals surface area contributed by atoms with Gasteiger partial charge in [-0.2, -0.15) is 0 Å². The van der Waals surface area contributed by atoms with Crippen molar-refractivity contribution in [1.82, 2.24) is 20.3 Å². The van der Waals surface area contributed by atoms with Crippen LogP contribution in [0.5, 0.6) is 5.88 Å². The smallest absolute Gasteiger partial charge is 0.274 e. The van der Waals surface area contributed by atoms with Gasteiger partial charge in [-0.15, -0.1) is 0 Å². The number of ether oxygens (including phenoxy) is 1. The van der Waals surface area contributed by atoms with Gasteiger partial charge in [-0.1, -0.05) is 13.8 Å². The van der Waals surface area contributed by atoms with Crippen LogP contribution < -0.4 is 10.2 Å². The normalized spacial score (nSPS) is 10.9. The molecule has 1 aromatic heterocycles. The molecule has 0 saturated heterocycles. The molecule has 1 aromatic carbocycles. The van der Waals surface area contributed by atoms with E-state index >= 15 is 0 Å². The number of hydrogen-bond acceptors (Lipinski definition) is 6. The van der Waals surface area contributed by atoms with Crippen molar-refractivity contribution in [2.24, 2.45) is 0 Å². The molecule has 2 rings (SSSR count). The van der Waals surface area contributed by atoms with Crippen LogP contribution in [0, 0.1) is 0 Å². The molecule has 0 aliphatic rings. The minimum atomic E-state index is -0.587. The molecule has 0 fully saturated rings. The molecule has 0 aliphatic carbocycles. The molecule has 2 N–H and O–H groups in total. The molecule has 1 amide bonds. The fraction of sp³-hybridized carbons (Fsp3) is 0.400. The van der Waals surface area contributed by atoms with Crippen molar-refractivity contribution >= 4 is 16.9 Å². The average molecular weight is 304 g/mol. The Bertz CT molecular complexity index is 644. The summed E-state index contributed by atoms with van der Waals surface area (Å²) in [5, 5.41) is 8.66. The maximum Gasteiger partial charge on any atom is 0.274 e. The molecular weight excluding hydrogens is 284 g/mol. The number of hydroxylamine groups is 1. The highest BCUT2D eigenvalue weighted by molar-refractivity contribution is 5.96. The first-order chi connectivity index (χ1) is 10.7. The third-order valence-corrected chi connectivity index (χ3v) is 3.44. The van der Waals surface area contributed by atoms with Crippen LogP contribution in [0.4, 0.5) is 0 Å². The van der Waals surface area contributed by atoms with E-state index in [4.69, 9.17) is 9.94 Å². The lowest BCUT2D eigenvalue weighted by Crippen LogP contribution is -2.28. The number of aromatic nitrogens is 2. The minimum absolute atomic E-state index is 0.310. The Morgan fingerprint density at radius 1 is 1.32 bits per heavy atom. The highest BCUT2D eigenvalue weighted by atomic mass is 16.5. The van der Waals surface area contributed by atoms with Crippen molar-refractivity contribution in [3.8, 4) is 5.88 Å². The average Bonchev–Trinajstić information content (AvgIpc) is 2.57. The van der Waals surface area contributed by atoms with E-state index in [1.807, 2.05) is 0 Å². The van der Waals surface area contributed by atoms with Gasteiger partial charge in [-0.25, -0.2) is 15.4 Å². The fourth-order valence-electron chi connectivity index (χ4n) is 2.09. The highest BCUT2D eigenvalue weighted by Crippen LogP contribution is 2.15. The summed E-state index contributed by atoms with van der Waals surface area (Å²) in [6, 6.07) is 4.81. The number of rotatable bonds is 7. The quantitative estimate of drug-likeness (QED) is 0.595. The van der Waals surface area contributed by atoms with E-state index in [1.165, 1.54) is 0 Å². The topological polar surface area (TPSA) is 87.6 Å². The van der Waals surface area contributed by atoms with Crippen LogP contribution in [-0.2, 0) is 0 Å². The summed E-state index contributed by atoms with van der Waals surface area (Å²) in [6.07, 6.45) is 1.57. The van der Waals surface area contributed by atoms with Crippen molar-refractivity contribution in [1.29, 1.82) is 0 Å². The summed E-state index contributed by atoms with van der Waals surface area (Å²) in [7, 11) is 0. The van der Waals surface area contributed by atoms with Gasteiger partial charge < -0.3 is 9.64 Å². The van der Waals surface area contributed by atoms with Gasteiger partial charge in [-0.05, 0) is 31.3 Å². The van der Waals surface area contributed by atoms with Crippen LogP contribution >= 0.6 is 0 Å². The molecule has 7 heteroatoms. The molecule has 2 aromatic rings. The molecule has 0 unspecified atom stereocenters. The first-order valence-electron chi connectivity index (χ1n) is 7.24. The second kappa shape index (κ2) is 7.67. The van der Waals surface area contributed by atoms with Gasteiger partial charge in [0.15, 0.2) is 0 Å². The molecule has 118 valence electrons.